The zero-order valence-corrected chi connectivity index (χ0v) is 15.8. The van der Waals surface area contributed by atoms with Crippen molar-refractivity contribution in [3.05, 3.63) is 59.7 Å². The van der Waals surface area contributed by atoms with E-state index in [4.69, 9.17) is 4.74 Å². The van der Waals surface area contributed by atoms with Crippen molar-refractivity contribution in [3.8, 4) is 5.75 Å². The Morgan fingerprint density at radius 1 is 1.04 bits per heavy atom. The van der Waals surface area contributed by atoms with E-state index in [9.17, 15) is 14.4 Å². The Balaban J connectivity index is 1.92. The number of amides is 2. The minimum atomic E-state index is -0.247. The van der Waals surface area contributed by atoms with Crippen molar-refractivity contribution in [1.82, 2.24) is 5.32 Å². The summed E-state index contributed by atoms with van der Waals surface area (Å²) >= 11 is 0. The van der Waals surface area contributed by atoms with E-state index in [0.717, 1.165) is 11.3 Å². The summed E-state index contributed by atoms with van der Waals surface area (Å²) in [4.78, 5) is 36.9. The first kappa shape index (κ1) is 20.2. The van der Waals surface area contributed by atoms with Gasteiger partial charge in [0.2, 0.25) is 11.8 Å². The average molecular weight is 368 g/mol. The molecule has 0 bridgehead atoms. The predicted molar refractivity (Wildman–Crippen MR) is 104 cm³/mol. The molecule has 27 heavy (non-hydrogen) atoms. The number of rotatable bonds is 8. The van der Waals surface area contributed by atoms with Crippen molar-refractivity contribution in [2.45, 2.75) is 20.3 Å². The molecule has 0 aromatic heterocycles. The molecule has 0 saturated carbocycles. The number of methoxy groups -OCH3 is 1. The monoisotopic (exact) mass is 368 g/mol. The van der Waals surface area contributed by atoms with Crippen LogP contribution in [0.2, 0.25) is 0 Å². The Morgan fingerprint density at radius 3 is 2.33 bits per heavy atom. The summed E-state index contributed by atoms with van der Waals surface area (Å²) in [7, 11) is 1.61. The van der Waals surface area contributed by atoms with Gasteiger partial charge >= 0.3 is 0 Å². The van der Waals surface area contributed by atoms with Gasteiger partial charge < -0.3 is 15.0 Å². The van der Waals surface area contributed by atoms with Crippen LogP contribution in [0.5, 0.6) is 5.75 Å². The molecule has 0 spiro atoms. The van der Waals surface area contributed by atoms with E-state index in [-0.39, 0.29) is 24.1 Å². The van der Waals surface area contributed by atoms with Crippen LogP contribution in [0.15, 0.2) is 48.5 Å². The van der Waals surface area contributed by atoms with Gasteiger partial charge in [-0.3, -0.25) is 14.4 Å². The van der Waals surface area contributed by atoms with E-state index in [1.807, 2.05) is 24.3 Å². The molecule has 142 valence electrons. The van der Waals surface area contributed by atoms with Crippen LogP contribution in [0.1, 0.15) is 29.8 Å². The van der Waals surface area contributed by atoms with Crippen LogP contribution in [0.4, 0.5) is 5.69 Å². The standard InChI is InChI=1S/C21H24N2O4/c1-15(24)18-7-9-19(10-8-18)23(16(2)25)14-21(26)22-12-11-17-5-4-6-20(13-17)27-3/h4-10,13H,11-12,14H2,1-3H3,(H,22,26). The largest absolute Gasteiger partial charge is 0.497 e. The quantitative estimate of drug-likeness (QED) is 0.727. The Labute approximate surface area is 159 Å². The molecule has 1 N–H and O–H groups in total. The molecule has 0 aliphatic carbocycles. The number of ether oxygens (including phenoxy) is 1. The normalized spacial score (nSPS) is 10.2. The number of Topliss-reactive ketones (excluding diaryl/α,β-unsaturated/α-hetero) is 1. The molecule has 0 radical (unpaired) electrons. The number of carbonyl (C=O) groups is 3. The summed E-state index contributed by atoms with van der Waals surface area (Å²) in [5.74, 6) is 0.235. The number of hydrogen-bond donors (Lipinski definition) is 1. The lowest BCUT2D eigenvalue weighted by Crippen LogP contribution is -2.40. The minimum Gasteiger partial charge on any atom is -0.497 e. The summed E-state index contributed by atoms with van der Waals surface area (Å²) in [5.41, 5.74) is 2.19. The lowest BCUT2D eigenvalue weighted by Gasteiger charge is -2.21. The molecule has 6 nitrogen and oxygen atoms in total. The summed E-state index contributed by atoms with van der Waals surface area (Å²) in [6.45, 7) is 3.27. The Bertz CT molecular complexity index is 815. The van der Waals surface area contributed by atoms with E-state index in [1.165, 1.54) is 18.7 Å². The van der Waals surface area contributed by atoms with Gasteiger partial charge in [0.05, 0.1) is 7.11 Å². The van der Waals surface area contributed by atoms with Gasteiger partial charge in [-0.2, -0.15) is 0 Å². The fourth-order valence-corrected chi connectivity index (χ4v) is 2.63. The van der Waals surface area contributed by atoms with E-state index in [2.05, 4.69) is 5.32 Å². The molecule has 2 rings (SSSR count). The zero-order valence-electron chi connectivity index (χ0n) is 15.8. The molecule has 0 aliphatic rings. The maximum absolute atomic E-state index is 12.2. The van der Waals surface area contributed by atoms with Crippen molar-refractivity contribution in [3.63, 3.8) is 0 Å². The molecule has 0 saturated heterocycles. The minimum absolute atomic E-state index is 0.0498. The molecule has 6 heteroatoms. The Hall–Kier alpha value is -3.15. The van der Waals surface area contributed by atoms with Gasteiger partial charge in [-0.25, -0.2) is 0 Å². The lowest BCUT2D eigenvalue weighted by molar-refractivity contribution is -0.123. The smallest absolute Gasteiger partial charge is 0.240 e. The highest BCUT2D eigenvalue weighted by molar-refractivity contribution is 5.98. The van der Waals surface area contributed by atoms with Gasteiger partial charge in [-0.15, -0.1) is 0 Å². The number of ketones is 1. The Morgan fingerprint density at radius 2 is 1.74 bits per heavy atom. The van der Waals surface area contributed by atoms with Crippen LogP contribution in [-0.4, -0.2) is 37.8 Å². The number of carbonyl (C=O) groups excluding carboxylic acids is 3. The third-order valence-electron chi connectivity index (χ3n) is 4.14. The van der Waals surface area contributed by atoms with Crippen LogP contribution >= 0.6 is 0 Å². The summed E-state index contributed by atoms with van der Waals surface area (Å²) < 4.78 is 5.18. The van der Waals surface area contributed by atoms with Crippen molar-refractivity contribution in [1.29, 1.82) is 0 Å². The fourth-order valence-electron chi connectivity index (χ4n) is 2.63. The number of hydrogen-bond acceptors (Lipinski definition) is 4. The first-order valence-corrected chi connectivity index (χ1v) is 8.69. The molecule has 0 heterocycles. The maximum atomic E-state index is 12.2. The molecular weight excluding hydrogens is 344 g/mol. The van der Waals surface area contributed by atoms with Crippen molar-refractivity contribution in [2.24, 2.45) is 0 Å². The molecule has 0 aliphatic heterocycles. The van der Waals surface area contributed by atoms with Crippen LogP contribution in [-0.2, 0) is 16.0 Å². The molecule has 0 unspecified atom stereocenters. The van der Waals surface area contributed by atoms with Gasteiger partial charge in [-0.05, 0) is 55.3 Å². The zero-order chi connectivity index (χ0) is 19.8. The SMILES string of the molecule is COc1cccc(CCNC(=O)CN(C(C)=O)c2ccc(C(C)=O)cc2)c1. The highest BCUT2D eigenvalue weighted by Crippen LogP contribution is 2.16. The van der Waals surface area contributed by atoms with Crippen molar-refractivity contribution >= 4 is 23.3 Å². The molecule has 2 aromatic rings. The number of nitrogens with one attached hydrogen (secondary N) is 1. The first-order chi connectivity index (χ1) is 12.9. The van der Waals surface area contributed by atoms with E-state index >= 15 is 0 Å². The van der Waals surface area contributed by atoms with Crippen LogP contribution < -0.4 is 15.0 Å². The number of benzene rings is 2. The van der Waals surface area contributed by atoms with Gasteiger partial charge in [0.1, 0.15) is 12.3 Å². The molecule has 2 aromatic carbocycles. The molecule has 0 atom stereocenters. The summed E-state index contributed by atoms with van der Waals surface area (Å²) in [5, 5.41) is 2.83. The van der Waals surface area contributed by atoms with Gasteiger partial charge in [0, 0.05) is 24.7 Å². The van der Waals surface area contributed by atoms with Crippen LogP contribution in [0.25, 0.3) is 0 Å². The Kier molecular flexibility index (Phi) is 7.11. The number of nitrogens with zero attached hydrogens (tertiary/aromatic N) is 1. The van der Waals surface area contributed by atoms with Crippen LogP contribution in [0.3, 0.4) is 0 Å². The van der Waals surface area contributed by atoms with Crippen molar-refractivity contribution < 1.29 is 19.1 Å². The van der Waals surface area contributed by atoms with E-state index < -0.39 is 0 Å². The highest BCUT2D eigenvalue weighted by Gasteiger charge is 2.16. The second kappa shape index (κ2) is 9.52. The summed E-state index contributed by atoms with van der Waals surface area (Å²) in [6, 6.07) is 14.3. The van der Waals surface area contributed by atoms with E-state index in [1.54, 1.807) is 31.4 Å². The second-order valence-electron chi connectivity index (χ2n) is 6.16. The number of anilines is 1. The second-order valence-corrected chi connectivity index (χ2v) is 6.16. The van der Waals surface area contributed by atoms with Crippen molar-refractivity contribution in [2.75, 3.05) is 25.1 Å². The van der Waals surface area contributed by atoms with Gasteiger partial charge in [0.25, 0.3) is 0 Å². The molecule has 0 fully saturated rings. The van der Waals surface area contributed by atoms with E-state index in [0.29, 0.717) is 24.2 Å². The summed E-state index contributed by atoms with van der Waals surface area (Å²) in [6.07, 6.45) is 0.663. The molecule has 2 amide bonds. The van der Waals surface area contributed by atoms with Gasteiger partial charge in [0.15, 0.2) is 5.78 Å². The third kappa shape index (κ3) is 5.95. The highest BCUT2D eigenvalue weighted by atomic mass is 16.5. The third-order valence-corrected chi connectivity index (χ3v) is 4.14. The van der Waals surface area contributed by atoms with Crippen LogP contribution in [0, 0.1) is 0 Å². The molecular formula is C21H24N2O4. The first-order valence-electron chi connectivity index (χ1n) is 8.69. The average Bonchev–Trinajstić information content (AvgIpc) is 2.66. The predicted octanol–water partition coefficient (Wildman–Crippen LogP) is 2.61. The fraction of sp³-hybridized carbons (Fsp3) is 0.286. The lowest BCUT2D eigenvalue weighted by atomic mass is 10.1. The maximum Gasteiger partial charge on any atom is 0.240 e. The van der Waals surface area contributed by atoms with Gasteiger partial charge in [-0.1, -0.05) is 12.1 Å². The topological polar surface area (TPSA) is 75.7 Å².